The normalized spacial score (nSPS) is 10.7. The molecule has 2 aromatic rings. The van der Waals surface area contributed by atoms with Gasteiger partial charge >= 0.3 is 5.97 Å². The van der Waals surface area contributed by atoms with Crippen molar-refractivity contribution in [1.29, 1.82) is 0 Å². The molecule has 0 aromatic heterocycles. The Morgan fingerprint density at radius 3 is 2.18 bits per heavy atom. The molecule has 0 bridgehead atoms. The predicted molar refractivity (Wildman–Crippen MR) is 113 cm³/mol. The van der Waals surface area contributed by atoms with Crippen molar-refractivity contribution in [3.8, 4) is 0 Å². The lowest BCUT2D eigenvalue weighted by atomic mass is 10.1. The van der Waals surface area contributed by atoms with E-state index in [1.54, 1.807) is 36.4 Å². The molecular weight excluding hydrogens is 376 g/mol. The molecule has 0 amide bonds. The quantitative estimate of drug-likeness (QED) is 0.442. The van der Waals surface area contributed by atoms with Gasteiger partial charge in [-0.05, 0) is 61.6 Å². The molecule has 0 saturated carbocycles. The molecule has 0 heterocycles. The van der Waals surface area contributed by atoms with Gasteiger partial charge in [-0.1, -0.05) is 25.4 Å². The first-order valence-corrected chi connectivity index (χ1v) is 9.93. The molecule has 0 radical (unpaired) electrons. The summed E-state index contributed by atoms with van der Waals surface area (Å²) in [6.45, 7) is 7.67. The molecule has 0 aliphatic carbocycles. The van der Waals surface area contributed by atoms with Crippen molar-refractivity contribution in [2.45, 2.75) is 20.3 Å². The lowest BCUT2D eigenvalue weighted by Gasteiger charge is -2.17. The van der Waals surface area contributed by atoms with Gasteiger partial charge in [-0.25, -0.2) is 4.79 Å². The zero-order valence-corrected chi connectivity index (χ0v) is 17.2. The number of esters is 1. The van der Waals surface area contributed by atoms with Gasteiger partial charge in [0.25, 0.3) is 0 Å². The number of ether oxygens (including phenoxy) is 1. The third-order valence-electron chi connectivity index (χ3n) is 4.50. The molecule has 0 atom stereocenters. The van der Waals surface area contributed by atoms with E-state index in [-0.39, 0.29) is 11.8 Å². The van der Waals surface area contributed by atoms with Gasteiger partial charge in [-0.15, -0.1) is 0 Å². The van der Waals surface area contributed by atoms with Crippen LogP contribution < -0.4 is 5.32 Å². The van der Waals surface area contributed by atoms with Crippen LogP contribution in [0.4, 0.5) is 5.69 Å². The number of ketones is 1. The Labute approximate surface area is 171 Å². The van der Waals surface area contributed by atoms with Crippen LogP contribution in [-0.2, 0) is 4.74 Å². The summed E-state index contributed by atoms with van der Waals surface area (Å²) in [5.41, 5.74) is 2.01. The van der Waals surface area contributed by atoms with Crippen molar-refractivity contribution in [2.75, 3.05) is 38.1 Å². The number of benzene rings is 2. The van der Waals surface area contributed by atoms with Crippen molar-refractivity contribution >= 4 is 29.0 Å². The maximum absolute atomic E-state index is 12.1. The number of carbonyl (C=O) groups is 2. The molecule has 0 unspecified atom stereocenters. The summed E-state index contributed by atoms with van der Waals surface area (Å²) in [5, 5.41) is 3.80. The number of anilines is 1. The summed E-state index contributed by atoms with van der Waals surface area (Å²) in [4.78, 5) is 26.4. The van der Waals surface area contributed by atoms with Crippen molar-refractivity contribution in [2.24, 2.45) is 0 Å². The molecule has 0 aliphatic rings. The van der Waals surface area contributed by atoms with E-state index in [2.05, 4.69) is 24.1 Å². The zero-order valence-electron chi connectivity index (χ0n) is 16.4. The first-order valence-electron chi connectivity index (χ1n) is 9.55. The topological polar surface area (TPSA) is 58.6 Å². The number of nitrogens with zero attached hydrogens (tertiary/aromatic N) is 1. The van der Waals surface area contributed by atoms with Crippen LogP contribution in [0.3, 0.4) is 0 Å². The van der Waals surface area contributed by atoms with Crippen LogP contribution in [0.25, 0.3) is 0 Å². The van der Waals surface area contributed by atoms with Crippen LogP contribution in [0, 0.1) is 0 Å². The second-order valence-electron chi connectivity index (χ2n) is 6.35. The van der Waals surface area contributed by atoms with Crippen LogP contribution >= 0.6 is 11.6 Å². The minimum absolute atomic E-state index is 0.0533. The number of carbonyl (C=O) groups excluding carboxylic acids is 2. The van der Waals surface area contributed by atoms with E-state index in [0.717, 1.165) is 25.3 Å². The smallest absolute Gasteiger partial charge is 0.338 e. The SMILES string of the molecule is CCN(CC)CCOC(=O)c1ccc(NCCC(=O)c2ccc(Cl)cc2)cc1. The number of likely N-dealkylation sites (N-methyl/N-ethyl adjacent to an activating group) is 1. The number of hydrogen-bond donors (Lipinski definition) is 1. The molecule has 6 heteroatoms. The Morgan fingerprint density at radius 1 is 0.964 bits per heavy atom. The molecular formula is C22H27ClN2O3. The molecule has 28 heavy (non-hydrogen) atoms. The van der Waals surface area contributed by atoms with Gasteiger partial charge in [0.2, 0.25) is 0 Å². The number of halogens is 1. The number of hydrogen-bond acceptors (Lipinski definition) is 5. The Morgan fingerprint density at radius 2 is 1.57 bits per heavy atom. The van der Waals surface area contributed by atoms with Crippen LogP contribution in [0.15, 0.2) is 48.5 Å². The highest BCUT2D eigenvalue weighted by atomic mass is 35.5. The van der Waals surface area contributed by atoms with Crippen molar-refractivity contribution < 1.29 is 14.3 Å². The summed E-state index contributed by atoms with van der Waals surface area (Å²) in [6.07, 6.45) is 0.372. The fraction of sp³-hybridized carbons (Fsp3) is 0.364. The maximum Gasteiger partial charge on any atom is 0.338 e. The van der Waals surface area contributed by atoms with E-state index in [0.29, 0.717) is 35.7 Å². The molecule has 0 fully saturated rings. The van der Waals surface area contributed by atoms with Crippen molar-refractivity contribution in [3.05, 3.63) is 64.7 Å². The molecule has 2 aromatic carbocycles. The zero-order chi connectivity index (χ0) is 20.4. The van der Waals surface area contributed by atoms with Gasteiger partial charge in [-0.2, -0.15) is 0 Å². The predicted octanol–water partition coefficient (Wildman–Crippen LogP) is 4.52. The number of Topliss-reactive ketones (excluding diaryl/α,β-unsaturated/α-hetero) is 1. The fourth-order valence-electron chi connectivity index (χ4n) is 2.72. The first kappa shape index (κ1) is 21.9. The van der Waals surface area contributed by atoms with E-state index < -0.39 is 0 Å². The second kappa shape index (κ2) is 11.5. The lowest BCUT2D eigenvalue weighted by molar-refractivity contribution is 0.0466. The number of rotatable bonds is 11. The van der Waals surface area contributed by atoms with Crippen molar-refractivity contribution in [3.63, 3.8) is 0 Å². The highest BCUT2D eigenvalue weighted by Gasteiger charge is 2.09. The number of nitrogens with one attached hydrogen (secondary N) is 1. The summed E-state index contributed by atoms with van der Waals surface area (Å²) >= 11 is 5.83. The second-order valence-corrected chi connectivity index (χ2v) is 6.78. The van der Waals surface area contributed by atoms with Crippen molar-refractivity contribution in [1.82, 2.24) is 4.90 Å². The van der Waals surface area contributed by atoms with E-state index in [9.17, 15) is 9.59 Å². The first-order chi connectivity index (χ1) is 13.5. The van der Waals surface area contributed by atoms with E-state index in [1.165, 1.54) is 0 Å². The molecule has 150 valence electrons. The largest absolute Gasteiger partial charge is 0.461 e. The third kappa shape index (κ3) is 6.98. The molecule has 5 nitrogen and oxygen atoms in total. The molecule has 1 N–H and O–H groups in total. The van der Waals surface area contributed by atoms with Crippen LogP contribution in [-0.4, -0.2) is 49.4 Å². The van der Waals surface area contributed by atoms with E-state index in [4.69, 9.17) is 16.3 Å². The molecule has 2 rings (SSSR count). The van der Waals surface area contributed by atoms with E-state index in [1.807, 2.05) is 12.1 Å². The summed E-state index contributed by atoms with van der Waals surface area (Å²) in [7, 11) is 0. The summed E-state index contributed by atoms with van der Waals surface area (Å²) in [6, 6.07) is 14.0. The fourth-order valence-corrected chi connectivity index (χ4v) is 2.84. The summed E-state index contributed by atoms with van der Waals surface area (Å²) in [5.74, 6) is -0.269. The standard InChI is InChI=1S/C22H27ClN2O3/c1-3-25(4-2)15-16-28-22(27)18-7-11-20(12-8-18)24-14-13-21(26)17-5-9-19(23)10-6-17/h5-12,24H,3-4,13-16H2,1-2H3. The lowest BCUT2D eigenvalue weighted by Crippen LogP contribution is -2.27. The molecule has 0 spiro atoms. The van der Waals surface area contributed by atoms with Gasteiger partial charge < -0.3 is 15.0 Å². The van der Waals surface area contributed by atoms with Gasteiger partial charge in [0, 0.05) is 35.8 Å². The minimum atomic E-state index is -0.323. The van der Waals surface area contributed by atoms with Crippen LogP contribution in [0.2, 0.25) is 5.02 Å². The van der Waals surface area contributed by atoms with Gasteiger partial charge in [-0.3, -0.25) is 4.79 Å². The molecule has 0 aliphatic heterocycles. The van der Waals surface area contributed by atoms with Gasteiger partial charge in [0.15, 0.2) is 5.78 Å². The Balaban J connectivity index is 1.75. The minimum Gasteiger partial charge on any atom is -0.461 e. The monoisotopic (exact) mass is 402 g/mol. The molecule has 0 saturated heterocycles. The summed E-state index contributed by atoms with van der Waals surface area (Å²) < 4.78 is 5.32. The maximum atomic E-state index is 12.1. The Bertz CT molecular complexity index is 756. The highest BCUT2D eigenvalue weighted by molar-refractivity contribution is 6.30. The van der Waals surface area contributed by atoms with Crippen LogP contribution in [0.5, 0.6) is 0 Å². The average molecular weight is 403 g/mol. The Kier molecular flexibility index (Phi) is 8.98. The van der Waals surface area contributed by atoms with Gasteiger partial charge in [0.1, 0.15) is 6.61 Å². The average Bonchev–Trinajstić information content (AvgIpc) is 2.72. The van der Waals surface area contributed by atoms with E-state index >= 15 is 0 Å². The van der Waals surface area contributed by atoms with Gasteiger partial charge in [0.05, 0.1) is 5.56 Å². The van der Waals surface area contributed by atoms with Crippen LogP contribution in [0.1, 0.15) is 41.0 Å². The Hall–Kier alpha value is -2.37. The third-order valence-corrected chi connectivity index (χ3v) is 4.76. The highest BCUT2D eigenvalue weighted by Crippen LogP contribution is 2.13.